The molecule has 15 aromatic heterocycles. The van der Waals surface area contributed by atoms with Gasteiger partial charge in [-0.1, -0.05) is 121 Å². The molecule has 0 unspecified atom stereocenters. The third kappa shape index (κ3) is 8.59. The van der Waals surface area contributed by atoms with Gasteiger partial charge in [0.2, 0.25) is 27.8 Å². The monoisotopic (exact) mass is 1430 g/mol. The fraction of sp³-hybridized carbons (Fsp3) is 0.136. The fourth-order valence-electron chi connectivity index (χ4n) is 18.3. The Hall–Kier alpha value is -13.5. The van der Waals surface area contributed by atoms with Gasteiger partial charge >= 0.3 is 5.71 Å². The summed E-state index contributed by atoms with van der Waals surface area (Å²) in [6.45, 7) is -0.823. The predicted octanol–water partition coefficient (Wildman–Crippen LogP) is 14.3. The number of benzene rings is 6. The Morgan fingerprint density at radius 2 is 0.713 bits per heavy atom. The van der Waals surface area contributed by atoms with Gasteiger partial charge in [-0.25, -0.2) is 32.0 Å². The summed E-state index contributed by atoms with van der Waals surface area (Å²) in [5.74, 6) is 5.61. The second kappa shape index (κ2) is 23.3. The summed E-state index contributed by atoms with van der Waals surface area (Å²) in [6, 6.07) is 62.8. The molecule has 21 aromatic rings. The molecule has 0 spiro atoms. The minimum absolute atomic E-state index is 0.375. The van der Waals surface area contributed by atoms with Crippen molar-refractivity contribution in [3.63, 3.8) is 0 Å². The van der Waals surface area contributed by atoms with Gasteiger partial charge in [-0.2, -0.15) is 4.57 Å². The Labute approximate surface area is 630 Å². The molecule has 0 saturated heterocycles. The number of rotatable bonds is 1. The van der Waals surface area contributed by atoms with Crippen molar-refractivity contribution in [3.8, 4) is 62.6 Å². The lowest BCUT2D eigenvalue weighted by atomic mass is 10.1. The van der Waals surface area contributed by atoms with Gasteiger partial charge in [0.25, 0.3) is 28.6 Å². The minimum atomic E-state index is -2.47. The highest BCUT2D eigenvalue weighted by atomic mass is 32.1. The molecule has 20 heteroatoms. The maximum Gasteiger partial charge on any atom is 0.339 e. The number of fused-ring (bicyclic) bond motifs is 35. The van der Waals surface area contributed by atoms with Crippen LogP contribution in [-0.2, 0) is 81.9 Å². The van der Waals surface area contributed by atoms with Crippen molar-refractivity contribution in [2.75, 3.05) is 0 Å². The zero-order chi connectivity index (χ0) is 77.1. The minimum Gasteiger partial charge on any atom is -0.417 e. The van der Waals surface area contributed by atoms with Gasteiger partial charge in [0.1, 0.15) is 35.3 Å². The van der Waals surface area contributed by atoms with E-state index in [9.17, 15) is 0 Å². The summed E-state index contributed by atoms with van der Waals surface area (Å²) in [5.41, 5.74) is 26.6. The molecule has 520 valence electrons. The number of hydrogen-bond donors (Lipinski definition) is 0. The van der Waals surface area contributed by atoms with Gasteiger partial charge in [-0.3, -0.25) is 47.8 Å². The second-order valence-corrected chi connectivity index (χ2v) is 29.5. The van der Waals surface area contributed by atoms with E-state index in [0.29, 0.717) is 34.4 Å². The number of pyridine rings is 5. The lowest BCUT2D eigenvalue weighted by molar-refractivity contribution is -0.652. The van der Waals surface area contributed by atoms with Crippen LogP contribution in [0.5, 0.6) is 0 Å². The lowest BCUT2D eigenvalue weighted by Gasteiger charge is -2.03. The second-order valence-electron chi connectivity index (χ2n) is 28.4. The summed E-state index contributed by atoms with van der Waals surface area (Å²) in [4.78, 5) is 22.5. The highest BCUT2D eigenvalue weighted by Crippen LogP contribution is 2.42. The maximum absolute atomic E-state index is 8.14. The van der Waals surface area contributed by atoms with Crippen LogP contribution in [0.3, 0.4) is 0 Å². The third-order valence-electron chi connectivity index (χ3n) is 22.8. The number of thiophene rings is 1. The van der Waals surface area contributed by atoms with Crippen LogP contribution in [0.2, 0.25) is 0 Å². The average Bonchev–Trinajstić information content (AvgIpc) is 1.53. The van der Waals surface area contributed by atoms with Gasteiger partial charge in [0.05, 0.1) is 156 Å². The van der Waals surface area contributed by atoms with Crippen LogP contribution in [0.4, 0.5) is 0 Å². The number of aromatic nitrogens is 18. The normalized spacial score (nSPS) is 14.0. The molecule has 0 atom stereocenters. The summed E-state index contributed by atoms with van der Waals surface area (Å²) in [6.07, 6.45) is 18.1. The summed E-state index contributed by atoms with van der Waals surface area (Å²) >= 11 is 1.84. The van der Waals surface area contributed by atoms with Gasteiger partial charge in [-0.15, -0.1) is 0 Å². The molecule has 0 amide bonds. The Morgan fingerprint density at radius 1 is 0.333 bits per heavy atom. The van der Waals surface area contributed by atoms with Crippen molar-refractivity contribution < 1.29 is 35.5 Å². The number of nitrogens with zero attached hydrogens (tertiary/aromatic N) is 18. The topological polar surface area (TPSA) is 136 Å². The van der Waals surface area contributed by atoms with Crippen molar-refractivity contribution in [1.29, 1.82) is 0 Å². The average molecular weight is 1430 g/mol. The van der Waals surface area contributed by atoms with E-state index in [4.69, 9.17) is 12.6 Å². The Balaban J connectivity index is 0.0000000873. The maximum atomic E-state index is 8.14. The van der Waals surface area contributed by atoms with Crippen molar-refractivity contribution in [2.45, 2.75) is 32.7 Å². The quantitative estimate of drug-likeness (QED) is 0.150. The van der Waals surface area contributed by atoms with Crippen molar-refractivity contribution in [1.82, 2.24) is 61.5 Å². The number of para-hydroxylation sites is 1. The molecule has 5 aliphatic heterocycles. The first-order chi connectivity index (χ1) is 55.5. The molecule has 108 heavy (non-hydrogen) atoms. The van der Waals surface area contributed by atoms with E-state index < -0.39 is 14.0 Å². The van der Waals surface area contributed by atoms with E-state index in [0.717, 1.165) is 70.7 Å². The van der Waals surface area contributed by atoms with Crippen LogP contribution < -0.4 is 22.8 Å². The molecule has 0 aliphatic carbocycles. The highest BCUT2D eigenvalue weighted by Gasteiger charge is 2.41. The molecule has 20 heterocycles. The molecule has 26 rings (SSSR count). The molecular weight excluding hydrogens is 1360 g/mol. The SMILES string of the molecule is Cn1c2[n+](c3c1c1ccncc1n3-c1ccccc1)Cc1ccccc1-2.Cn1c2[n+](c3c1c1ccncc1n3C)Cc1ccccc1-2.Cn1c2[n+](c3oc4cnccc4c31)Cc1ccccc1-2.Cn1c2[n+](c3sc4cnccc4c31)Cc1ccccc1-2.[2H]C([2H])([2H])n1c2[n+](c3c1c1ccncc1n3C([2H])([2H])[2H])Cc1ccccc1-2. The Morgan fingerprint density at radius 3 is 1.27 bits per heavy atom. The summed E-state index contributed by atoms with van der Waals surface area (Å²) in [5, 5.41) is 5.50. The molecular formula is C88H71N18OS+5. The predicted molar refractivity (Wildman–Crippen MR) is 422 cm³/mol. The number of aryl methyl sites for hydroxylation is 7. The van der Waals surface area contributed by atoms with E-state index in [-0.39, 0.29) is 0 Å². The van der Waals surface area contributed by atoms with Gasteiger partial charge < -0.3 is 4.42 Å². The fourth-order valence-corrected chi connectivity index (χ4v) is 19.5. The summed E-state index contributed by atoms with van der Waals surface area (Å²) in [7, 11) is 10.7. The van der Waals surface area contributed by atoms with E-state index in [1.807, 2.05) is 85.0 Å². The largest absolute Gasteiger partial charge is 0.417 e. The van der Waals surface area contributed by atoms with Crippen LogP contribution in [0.15, 0.2) is 248 Å². The first kappa shape index (κ1) is 56.0. The zero-order valence-electron chi connectivity index (χ0n) is 65.5. The first-order valence-electron chi connectivity index (χ1n) is 39.1. The molecule has 0 bridgehead atoms. The van der Waals surface area contributed by atoms with Crippen LogP contribution in [0.25, 0.3) is 171 Å². The van der Waals surface area contributed by atoms with E-state index >= 15 is 0 Å². The van der Waals surface area contributed by atoms with Crippen molar-refractivity contribution in [2.24, 2.45) is 49.2 Å². The van der Waals surface area contributed by atoms with Gasteiger partial charge in [-0.05, 0) is 72.8 Å². The van der Waals surface area contributed by atoms with E-state index in [1.165, 1.54) is 142 Å². The molecule has 0 N–H and O–H groups in total. The Kier molecular flexibility index (Phi) is 12.1. The lowest BCUT2D eigenvalue weighted by Crippen LogP contribution is -2.33. The number of furan rings is 1. The smallest absolute Gasteiger partial charge is 0.339 e. The van der Waals surface area contributed by atoms with Crippen molar-refractivity contribution in [3.05, 3.63) is 272 Å². The molecule has 6 aromatic carbocycles. The molecule has 0 saturated carbocycles. The number of imidazole rings is 5. The summed E-state index contributed by atoms with van der Waals surface area (Å²) < 4.78 is 83.5. The standard InChI is InChI=1S/C22H17N4.2C17H15N4.C16H12N3O.C16H12N3S/c1-24-20-18-11-12-23-13-19(18)26(16-8-3-2-4-9-16)22(20)25-14-15-7-5-6-10-17(15)21(24)25;2*1-19-14-9-18-8-7-13(14)15-17(19)21-10-11-5-3-4-6-12(11)16(21)20(15)2;2*1-18-14-12-6-7-17-8-13(12)20-16(14)19-9-10-4-2-3-5-11(10)15(18)19/h2-13H,14H2,1H3;2*3-9H,10H2,1-2H3;2*2-8H,9H2,1H3/q5*+1/i;1D3,2D3;;;. The van der Waals surface area contributed by atoms with E-state index in [2.05, 4.69) is 251 Å². The van der Waals surface area contributed by atoms with Gasteiger partial charge in [0.15, 0.2) is 27.6 Å². The third-order valence-corrected chi connectivity index (χ3v) is 24.0. The van der Waals surface area contributed by atoms with Crippen LogP contribution in [0, 0.1) is 0 Å². The Bertz CT molecular complexity index is 7500. The zero-order valence-corrected chi connectivity index (χ0v) is 60.3. The molecule has 19 nitrogen and oxygen atoms in total. The van der Waals surface area contributed by atoms with Gasteiger partial charge in [0, 0.05) is 70.4 Å². The molecule has 5 aliphatic rings. The van der Waals surface area contributed by atoms with Crippen molar-refractivity contribution >= 4 is 120 Å². The van der Waals surface area contributed by atoms with Crippen LogP contribution >= 0.6 is 11.3 Å². The van der Waals surface area contributed by atoms with E-state index in [1.54, 1.807) is 23.0 Å². The molecule has 0 radical (unpaired) electrons. The first-order valence-corrected chi connectivity index (χ1v) is 36.9. The van der Waals surface area contributed by atoms with Crippen LogP contribution in [0.1, 0.15) is 36.0 Å². The molecule has 0 fully saturated rings. The highest BCUT2D eigenvalue weighted by molar-refractivity contribution is 7.25. The van der Waals surface area contributed by atoms with Crippen LogP contribution in [-0.4, -0.2) is 61.5 Å². The number of hydrogen-bond acceptors (Lipinski definition) is 7.